The number of hydrogen-bond acceptors (Lipinski definition) is 0. The van der Waals surface area contributed by atoms with Gasteiger partial charge in [0.25, 0.3) is 0 Å². The monoisotopic (exact) mass is 344 g/mol. The molecule has 2 saturated heterocycles. The second kappa shape index (κ2) is 5.89. The summed E-state index contributed by atoms with van der Waals surface area (Å²) in [6.45, 7) is 3.68. The van der Waals surface area contributed by atoms with Gasteiger partial charge in [-0.15, -0.1) is 4.39 Å². The van der Waals surface area contributed by atoms with Crippen molar-refractivity contribution in [2.45, 2.75) is 38.5 Å². The van der Waals surface area contributed by atoms with E-state index in [0.29, 0.717) is 0 Å². The van der Waals surface area contributed by atoms with E-state index in [0.717, 1.165) is 51.9 Å². The number of nitrogens with zero attached hydrogens (tertiary/aromatic N) is 2. The number of rotatable bonds is 0. The zero-order valence-corrected chi connectivity index (χ0v) is 12.5. The first-order chi connectivity index (χ1) is 9.33. The quantitative estimate of drug-likeness (QED) is 0.188. The molecule has 2 aliphatic rings. The second-order valence-electron chi connectivity index (χ2n) is 5.32. The summed E-state index contributed by atoms with van der Waals surface area (Å²) in [6, 6.07) is 0. The van der Waals surface area contributed by atoms with Crippen LogP contribution < -0.4 is 0 Å². The Bertz CT molecular complexity index is 364. The third-order valence-electron chi connectivity index (χ3n) is 3.23. The summed E-state index contributed by atoms with van der Waals surface area (Å²) in [4.78, 5) is 1.93. The van der Waals surface area contributed by atoms with Gasteiger partial charge in [-0.1, -0.05) is 0 Å². The van der Waals surface area contributed by atoms with Crippen molar-refractivity contribution in [1.29, 1.82) is 0 Å². The van der Waals surface area contributed by atoms with E-state index in [9.17, 15) is 29.6 Å². The summed E-state index contributed by atoms with van der Waals surface area (Å²) < 4.78 is 75.1. The zero-order valence-electron chi connectivity index (χ0n) is 11.6. The molecule has 0 aromatic carbocycles. The van der Waals surface area contributed by atoms with Crippen molar-refractivity contribution < 1.29 is 34.1 Å². The molecule has 10 heteroatoms. The Kier molecular flexibility index (Phi) is 5.18. The fraction of sp³-hybridized carbons (Fsp3) is 0.909. The third kappa shape index (κ3) is 10.7. The molecule has 0 spiro atoms. The van der Waals surface area contributed by atoms with Crippen LogP contribution in [-0.4, -0.2) is 41.7 Å². The van der Waals surface area contributed by atoms with Crippen LogP contribution in [0.1, 0.15) is 38.5 Å². The standard InChI is InChI=1S/C11H20FN2.F6P/c12-11(13-7-3-1-4-8-13)14-9-5-2-6-10-14;1-7(2,3,4,5)6/h1-10H2;/q+1;-1. The molecule has 2 nitrogen and oxygen atoms in total. The first kappa shape index (κ1) is 18.5. The first-order valence-corrected chi connectivity index (χ1v) is 8.94. The van der Waals surface area contributed by atoms with Crippen LogP contribution in [0, 0.1) is 0 Å². The summed E-state index contributed by atoms with van der Waals surface area (Å²) in [6.07, 6.45) is 7.20. The minimum absolute atomic E-state index is 0.0457. The number of likely N-dealkylation sites (tertiary alicyclic amines) is 1. The summed E-state index contributed by atoms with van der Waals surface area (Å²) in [5.41, 5.74) is 0. The minimum atomic E-state index is -10.7. The van der Waals surface area contributed by atoms with Crippen LogP contribution in [0.25, 0.3) is 0 Å². The van der Waals surface area contributed by atoms with Crippen molar-refractivity contribution in [2.75, 3.05) is 26.2 Å². The molecule has 2 aliphatic heterocycles. The molecule has 0 amide bonds. The molecular weight excluding hydrogens is 324 g/mol. The maximum atomic E-state index is 13.9. The SMILES string of the molecule is FC(N1CCCCC1)=[N+]1CCCCC1.F[P-](F)(F)(F)(F)F. The summed E-state index contributed by atoms with van der Waals surface area (Å²) in [5.74, 6) is 0. The van der Waals surface area contributed by atoms with Gasteiger partial charge in [-0.05, 0) is 38.5 Å². The molecule has 2 fully saturated rings. The Morgan fingerprint density at radius 2 is 1.10 bits per heavy atom. The Balaban J connectivity index is 0.000000270. The normalized spacial score (nSPS) is 23.6. The maximum absolute atomic E-state index is 13.9. The van der Waals surface area contributed by atoms with Crippen molar-refractivity contribution in [2.24, 2.45) is 0 Å². The van der Waals surface area contributed by atoms with E-state index in [1.54, 1.807) is 0 Å². The summed E-state index contributed by atoms with van der Waals surface area (Å²) in [7, 11) is -10.7. The van der Waals surface area contributed by atoms with Gasteiger partial charge in [0.1, 0.15) is 0 Å². The van der Waals surface area contributed by atoms with Gasteiger partial charge in [0.2, 0.25) is 0 Å². The van der Waals surface area contributed by atoms with Gasteiger partial charge in [0.15, 0.2) is 0 Å². The molecule has 0 atom stereocenters. The zero-order chi connectivity index (χ0) is 16.2. The van der Waals surface area contributed by atoms with Crippen LogP contribution >= 0.6 is 7.81 Å². The van der Waals surface area contributed by atoms with E-state index in [1.165, 1.54) is 12.8 Å². The van der Waals surface area contributed by atoms with Gasteiger partial charge in [-0.25, -0.2) is 9.48 Å². The molecule has 0 N–H and O–H groups in total. The number of amidine groups is 1. The Labute approximate surface area is 118 Å². The van der Waals surface area contributed by atoms with E-state index < -0.39 is 7.81 Å². The predicted molar refractivity (Wildman–Crippen MR) is 69.0 cm³/mol. The van der Waals surface area contributed by atoms with Gasteiger partial charge in [-0.3, -0.25) is 0 Å². The molecule has 21 heavy (non-hydrogen) atoms. The molecule has 0 aliphatic carbocycles. The molecule has 0 unspecified atom stereocenters. The van der Waals surface area contributed by atoms with Crippen LogP contribution in [0.5, 0.6) is 0 Å². The Morgan fingerprint density at radius 3 is 1.52 bits per heavy atom. The Hall–Kier alpha value is -0.590. The second-order valence-corrected chi connectivity index (χ2v) is 7.24. The predicted octanol–water partition coefficient (Wildman–Crippen LogP) is 5.38. The summed E-state index contributed by atoms with van der Waals surface area (Å²) >= 11 is 0. The van der Waals surface area contributed by atoms with Crippen LogP contribution in [0.15, 0.2) is 0 Å². The molecule has 128 valence electrons. The fourth-order valence-corrected chi connectivity index (χ4v) is 2.36. The topological polar surface area (TPSA) is 6.25 Å². The molecule has 0 bridgehead atoms. The van der Waals surface area contributed by atoms with Crippen LogP contribution in [0.3, 0.4) is 0 Å². The van der Waals surface area contributed by atoms with Crippen molar-refractivity contribution in [3.63, 3.8) is 0 Å². The van der Waals surface area contributed by atoms with E-state index in [-0.39, 0.29) is 6.09 Å². The van der Waals surface area contributed by atoms with E-state index in [2.05, 4.69) is 0 Å². The fourth-order valence-electron chi connectivity index (χ4n) is 2.36. The van der Waals surface area contributed by atoms with Gasteiger partial charge in [0.05, 0.1) is 26.2 Å². The molecule has 2 heterocycles. The van der Waals surface area contributed by atoms with Gasteiger partial charge in [0, 0.05) is 0 Å². The number of halogens is 7. The molecule has 0 saturated carbocycles. The summed E-state index contributed by atoms with van der Waals surface area (Å²) in [5, 5.41) is 0. The van der Waals surface area contributed by atoms with Crippen molar-refractivity contribution in [1.82, 2.24) is 4.90 Å². The molecule has 0 radical (unpaired) electrons. The average Bonchev–Trinajstić information content (AvgIpc) is 2.36. The van der Waals surface area contributed by atoms with Crippen LogP contribution in [0.2, 0.25) is 0 Å². The van der Waals surface area contributed by atoms with E-state index >= 15 is 0 Å². The van der Waals surface area contributed by atoms with Crippen LogP contribution in [-0.2, 0) is 0 Å². The van der Waals surface area contributed by atoms with Gasteiger partial charge >= 0.3 is 39.1 Å². The molecular formula is C11H20F7N2P. The van der Waals surface area contributed by atoms with E-state index in [1.807, 2.05) is 9.48 Å². The van der Waals surface area contributed by atoms with E-state index in [4.69, 9.17) is 0 Å². The average molecular weight is 344 g/mol. The van der Waals surface area contributed by atoms with Gasteiger partial charge < -0.3 is 0 Å². The number of piperidine rings is 2. The molecule has 0 aromatic heterocycles. The molecule has 0 aromatic rings. The first-order valence-electron chi connectivity index (χ1n) is 6.92. The van der Waals surface area contributed by atoms with Crippen molar-refractivity contribution >= 4 is 13.9 Å². The third-order valence-corrected chi connectivity index (χ3v) is 3.23. The molecule has 2 rings (SSSR count). The van der Waals surface area contributed by atoms with Crippen LogP contribution in [0.4, 0.5) is 29.6 Å². The number of hydrogen-bond donors (Lipinski definition) is 0. The van der Waals surface area contributed by atoms with Gasteiger partial charge in [-0.2, -0.15) is 0 Å². The van der Waals surface area contributed by atoms with Crippen molar-refractivity contribution in [3.05, 3.63) is 0 Å². The van der Waals surface area contributed by atoms with Crippen molar-refractivity contribution in [3.8, 4) is 0 Å². The Morgan fingerprint density at radius 1 is 0.714 bits per heavy atom.